The van der Waals surface area contributed by atoms with E-state index < -0.39 is 0 Å². The van der Waals surface area contributed by atoms with E-state index in [1.807, 2.05) is 48.8 Å². The lowest BCUT2D eigenvalue weighted by atomic mass is 10.1. The van der Waals surface area contributed by atoms with Gasteiger partial charge in [-0.25, -0.2) is 9.97 Å². The molecule has 0 aliphatic heterocycles. The number of para-hydroxylation sites is 2. The van der Waals surface area contributed by atoms with Gasteiger partial charge in [0.15, 0.2) is 5.58 Å². The number of fused-ring (bicyclic) bond motifs is 7. The third-order valence-corrected chi connectivity index (χ3v) is 9.72. The molecule has 5 nitrogen and oxygen atoms in total. The van der Waals surface area contributed by atoms with Crippen LogP contribution in [0.1, 0.15) is 0 Å². The maximum atomic E-state index is 6.57. The molecule has 0 unspecified atom stereocenters. The van der Waals surface area contributed by atoms with Crippen LogP contribution in [0.3, 0.4) is 0 Å². The molecule has 0 amide bonds. The Morgan fingerprint density at radius 1 is 0.431 bits per heavy atom. The summed E-state index contributed by atoms with van der Waals surface area (Å²) in [6, 6.07) is 59.1. The van der Waals surface area contributed by atoms with Crippen LogP contribution in [0.2, 0.25) is 0 Å². The molecule has 10 aromatic rings. The average Bonchev–Trinajstić information content (AvgIpc) is 3.76. The van der Waals surface area contributed by atoms with Crippen LogP contribution in [0.15, 0.2) is 187 Å². The van der Waals surface area contributed by atoms with Crippen LogP contribution in [0.5, 0.6) is 0 Å². The van der Waals surface area contributed by atoms with Crippen molar-refractivity contribution in [2.75, 3.05) is 4.90 Å². The molecule has 0 saturated heterocycles. The first-order valence-electron chi connectivity index (χ1n) is 17.1. The van der Waals surface area contributed by atoms with E-state index in [1.165, 1.54) is 10.9 Å². The maximum absolute atomic E-state index is 6.57. The molecule has 0 bridgehead atoms. The summed E-state index contributed by atoms with van der Waals surface area (Å²) in [5.41, 5.74) is 11.3. The van der Waals surface area contributed by atoms with Crippen molar-refractivity contribution >= 4 is 61.1 Å². The molecular weight excluding hydrogens is 625 g/mol. The smallest absolute Gasteiger partial charge is 0.234 e. The minimum Gasteiger partial charge on any atom is -0.454 e. The molecule has 7 aromatic carbocycles. The van der Waals surface area contributed by atoms with Crippen molar-refractivity contribution in [3.63, 3.8) is 0 Å². The van der Waals surface area contributed by atoms with Gasteiger partial charge >= 0.3 is 0 Å². The predicted molar refractivity (Wildman–Crippen MR) is 209 cm³/mol. The first-order valence-corrected chi connectivity index (χ1v) is 17.1. The predicted octanol–water partition coefficient (Wildman–Crippen LogP) is 12.3. The minimum absolute atomic E-state index is 0.593. The molecule has 5 heteroatoms. The van der Waals surface area contributed by atoms with Crippen molar-refractivity contribution in [3.05, 3.63) is 182 Å². The summed E-state index contributed by atoms with van der Waals surface area (Å²) in [7, 11) is 0. The van der Waals surface area contributed by atoms with E-state index in [1.54, 1.807) is 0 Å². The third kappa shape index (κ3) is 4.86. The zero-order valence-corrected chi connectivity index (χ0v) is 27.5. The molecule has 0 aliphatic carbocycles. The Kier molecular flexibility index (Phi) is 6.74. The molecule has 0 aliphatic rings. The molecule has 0 fully saturated rings. The summed E-state index contributed by atoms with van der Waals surface area (Å²) in [5, 5.41) is 4.58. The van der Waals surface area contributed by atoms with Crippen LogP contribution in [-0.2, 0) is 0 Å². The number of rotatable bonds is 6. The van der Waals surface area contributed by atoms with Gasteiger partial charge in [-0.3, -0.25) is 4.90 Å². The highest BCUT2D eigenvalue weighted by atomic mass is 16.3. The molecule has 3 heterocycles. The van der Waals surface area contributed by atoms with Crippen LogP contribution in [0.25, 0.3) is 71.7 Å². The number of anilines is 3. The van der Waals surface area contributed by atoms with Crippen LogP contribution >= 0.6 is 0 Å². The molecule has 0 radical (unpaired) electrons. The molecule has 0 N–H and O–H groups in total. The lowest BCUT2D eigenvalue weighted by Gasteiger charge is -2.24. The summed E-state index contributed by atoms with van der Waals surface area (Å²) < 4.78 is 8.90. The fourth-order valence-corrected chi connectivity index (χ4v) is 7.28. The lowest BCUT2D eigenvalue weighted by Crippen LogP contribution is -2.13. The normalized spacial score (nSPS) is 11.5. The van der Waals surface area contributed by atoms with E-state index >= 15 is 0 Å². The molecule has 10 rings (SSSR count). The number of hydrogen-bond donors (Lipinski definition) is 0. The summed E-state index contributed by atoms with van der Waals surface area (Å²) in [5.74, 6) is 0.593. The second kappa shape index (κ2) is 11.9. The van der Waals surface area contributed by atoms with Gasteiger partial charge in [0.05, 0.1) is 11.0 Å². The summed E-state index contributed by atoms with van der Waals surface area (Å²) in [6.45, 7) is 0. The van der Waals surface area contributed by atoms with E-state index in [9.17, 15) is 0 Å². The van der Waals surface area contributed by atoms with Crippen LogP contribution in [0.4, 0.5) is 17.3 Å². The second-order valence-electron chi connectivity index (χ2n) is 12.7. The van der Waals surface area contributed by atoms with Crippen molar-refractivity contribution in [1.29, 1.82) is 0 Å². The fraction of sp³-hybridized carbons (Fsp3) is 0. The van der Waals surface area contributed by atoms with E-state index in [0.29, 0.717) is 5.95 Å². The van der Waals surface area contributed by atoms with E-state index in [4.69, 9.17) is 14.4 Å². The minimum atomic E-state index is 0.593. The SMILES string of the molecule is c1ccc(-c2ccc(N(c3ccc(-n4c5ccccc5c5ccc6c7ccccc7oc6c54)cc3)c3ncc(-c4ccccc4)cn3)cc2)cc1. The number of benzene rings is 7. The highest BCUT2D eigenvalue weighted by molar-refractivity contribution is 6.21. The topological polar surface area (TPSA) is 47.1 Å². The van der Waals surface area contributed by atoms with Crippen molar-refractivity contribution in [2.45, 2.75) is 0 Å². The number of nitrogens with zero attached hydrogens (tertiary/aromatic N) is 4. The molecule has 240 valence electrons. The largest absolute Gasteiger partial charge is 0.454 e. The average molecular weight is 655 g/mol. The lowest BCUT2D eigenvalue weighted by molar-refractivity contribution is 0.671. The first-order chi connectivity index (χ1) is 25.3. The van der Waals surface area contributed by atoms with Crippen molar-refractivity contribution in [2.24, 2.45) is 0 Å². The van der Waals surface area contributed by atoms with E-state index in [-0.39, 0.29) is 0 Å². The van der Waals surface area contributed by atoms with E-state index in [2.05, 4.69) is 143 Å². The molecule has 3 aromatic heterocycles. The zero-order chi connectivity index (χ0) is 33.7. The third-order valence-electron chi connectivity index (χ3n) is 9.72. The zero-order valence-electron chi connectivity index (χ0n) is 27.5. The van der Waals surface area contributed by atoms with Gasteiger partial charge in [-0.1, -0.05) is 115 Å². The van der Waals surface area contributed by atoms with Gasteiger partial charge in [0, 0.05) is 56.6 Å². The Morgan fingerprint density at radius 2 is 0.980 bits per heavy atom. The highest BCUT2D eigenvalue weighted by Gasteiger charge is 2.20. The summed E-state index contributed by atoms with van der Waals surface area (Å²) in [6.07, 6.45) is 3.79. The number of furan rings is 1. The molecule has 0 atom stereocenters. The van der Waals surface area contributed by atoms with Gasteiger partial charge in [-0.05, 0) is 71.3 Å². The first kappa shape index (κ1) is 29.0. The standard InChI is InChI=1S/C46H30N4O/c1-3-11-31(12-4-1)33-19-21-35(22-20-33)49(46-47-29-34(30-48-46)32-13-5-2-6-14-32)36-23-25-37(26-24-36)50-42-17-9-7-15-38(42)40-27-28-41-39-16-8-10-18-43(39)51-45(41)44(40)50/h1-30H. The Morgan fingerprint density at radius 3 is 1.69 bits per heavy atom. The van der Waals surface area contributed by atoms with Gasteiger partial charge < -0.3 is 8.98 Å². The Hall–Kier alpha value is -6.98. The van der Waals surface area contributed by atoms with Crippen molar-refractivity contribution in [1.82, 2.24) is 14.5 Å². The van der Waals surface area contributed by atoms with Crippen LogP contribution in [0, 0.1) is 0 Å². The van der Waals surface area contributed by atoms with Gasteiger partial charge in [-0.15, -0.1) is 0 Å². The van der Waals surface area contributed by atoms with Crippen molar-refractivity contribution < 1.29 is 4.42 Å². The van der Waals surface area contributed by atoms with Crippen LogP contribution in [-0.4, -0.2) is 14.5 Å². The quantitative estimate of drug-likeness (QED) is 0.179. The van der Waals surface area contributed by atoms with Crippen LogP contribution < -0.4 is 4.90 Å². The summed E-state index contributed by atoms with van der Waals surface area (Å²) >= 11 is 0. The van der Waals surface area contributed by atoms with Gasteiger partial charge in [0.25, 0.3) is 0 Å². The summed E-state index contributed by atoms with van der Waals surface area (Å²) in [4.78, 5) is 11.9. The van der Waals surface area contributed by atoms with E-state index in [0.717, 1.165) is 72.1 Å². The maximum Gasteiger partial charge on any atom is 0.234 e. The van der Waals surface area contributed by atoms with Gasteiger partial charge in [-0.2, -0.15) is 0 Å². The molecule has 51 heavy (non-hydrogen) atoms. The van der Waals surface area contributed by atoms with Crippen molar-refractivity contribution in [3.8, 4) is 27.9 Å². The molecule has 0 spiro atoms. The second-order valence-corrected chi connectivity index (χ2v) is 12.7. The fourth-order valence-electron chi connectivity index (χ4n) is 7.28. The van der Waals surface area contributed by atoms with Gasteiger partial charge in [0.2, 0.25) is 5.95 Å². The van der Waals surface area contributed by atoms with Gasteiger partial charge in [0.1, 0.15) is 5.58 Å². The Bertz CT molecular complexity index is 2740. The monoisotopic (exact) mass is 654 g/mol. The number of aromatic nitrogens is 3. The Balaban J connectivity index is 1.11. The Labute approximate surface area is 294 Å². The molecular formula is C46H30N4O. The highest BCUT2D eigenvalue weighted by Crippen LogP contribution is 2.41. The molecule has 0 saturated carbocycles. The number of hydrogen-bond acceptors (Lipinski definition) is 4.